The summed E-state index contributed by atoms with van der Waals surface area (Å²) in [4.78, 5) is 47.7. The van der Waals surface area contributed by atoms with Gasteiger partial charge in [-0.2, -0.15) is 0 Å². The van der Waals surface area contributed by atoms with E-state index in [-0.39, 0.29) is 23.8 Å². The molecule has 8 nitrogen and oxygen atoms in total. The maximum absolute atomic E-state index is 13.5. The van der Waals surface area contributed by atoms with Crippen LogP contribution in [-0.4, -0.2) is 63.9 Å². The molecular formula is C25H32N4O4S. The number of ether oxygens (including phenoxy) is 1. The molecule has 0 radical (unpaired) electrons. The second-order valence-electron chi connectivity index (χ2n) is 9.00. The van der Waals surface area contributed by atoms with E-state index < -0.39 is 11.6 Å². The third-order valence-corrected chi connectivity index (χ3v) is 8.07. The molecule has 2 aliphatic heterocycles. The van der Waals surface area contributed by atoms with Crippen molar-refractivity contribution in [2.75, 3.05) is 19.6 Å². The first kappa shape index (κ1) is 24.2. The zero-order valence-electron chi connectivity index (χ0n) is 20.0. The van der Waals surface area contributed by atoms with Gasteiger partial charge >= 0.3 is 6.03 Å². The summed E-state index contributed by atoms with van der Waals surface area (Å²) < 4.78 is 5.80. The predicted octanol–water partition coefficient (Wildman–Crippen LogP) is 3.40. The summed E-state index contributed by atoms with van der Waals surface area (Å²) in [6, 6.07) is 8.98. The second-order valence-corrected chi connectivity index (χ2v) is 9.93. The smallest absolute Gasteiger partial charge is 0.325 e. The number of hydrogen-bond donors (Lipinski definition) is 1. The lowest BCUT2D eigenvalue weighted by molar-refractivity contribution is -0.140. The van der Waals surface area contributed by atoms with Crippen LogP contribution in [0, 0.1) is 12.8 Å². The fraction of sp³-hybridized carbons (Fsp3) is 0.520. The van der Waals surface area contributed by atoms with Crippen molar-refractivity contribution in [1.29, 1.82) is 0 Å². The molecule has 0 spiro atoms. The van der Waals surface area contributed by atoms with E-state index in [0.717, 1.165) is 10.6 Å². The highest BCUT2D eigenvalue weighted by molar-refractivity contribution is 7.09. The lowest BCUT2D eigenvalue weighted by Crippen LogP contribution is -2.57. The Bertz CT molecular complexity index is 1030. The Morgan fingerprint density at radius 1 is 1.26 bits per heavy atom. The molecule has 9 heteroatoms. The molecule has 1 aromatic carbocycles. The Morgan fingerprint density at radius 3 is 2.59 bits per heavy atom. The average molecular weight is 485 g/mol. The van der Waals surface area contributed by atoms with Crippen molar-refractivity contribution in [3.05, 3.63) is 46.4 Å². The number of imide groups is 1. The quantitative estimate of drug-likeness (QED) is 0.580. The van der Waals surface area contributed by atoms with Gasteiger partial charge in [-0.05, 0) is 51.2 Å². The monoisotopic (exact) mass is 484 g/mol. The number of likely N-dealkylation sites (tertiary alicyclic amines) is 1. The lowest BCUT2D eigenvalue weighted by Gasteiger charge is -2.41. The summed E-state index contributed by atoms with van der Waals surface area (Å²) in [5.74, 6) is 0.443. The minimum absolute atomic E-state index is 0.0153. The van der Waals surface area contributed by atoms with Crippen molar-refractivity contribution >= 4 is 29.2 Å². The summed E-state index contributed by atoms with van der Waals surface area (Å²) in [6.07, 6.45) is 1.87. The topological polar surface area (TPSA) is 91.8 Å². The van der Waals surface area contributed by atoms with Crippen LogP contribution < -0.4 is 10.1 Å². The normalized spacial score (nSPS) is 22.1. The minimum atomic E-state index is -0.902. The number of benzene rings is 1. The molecule has 0 aliphatic carbocycles. The molecule has 2 saturated heterocycles. The van der Waals surface area contributed by atoms with E-state index in [1.54, 1.807) is 28.7 Å². The zero-order chi connectivity index (χ0) is 24.3. The number of nitrogens with one attached hydrogen (secondary N) is 1. The maximum Gasteiger partial charge on any atom is 0.325 e. The van der Waals surface area contributed by atoms with Gasteiger partial charge in [-0.15, -0.1) is 11.3 Å². The molecule has 2 aromatic rings. The van der Waals surface area contributed by atoms with Crippen LogP contribution >= 0.6 is 11.3 Å². The molecule has 1 N–H and O–H groups in total. The molecule has 4 rings (SSSR count). The van der Waals surface area contributed by atoms with Gasteiger partial charge in [0.1, 0.15) is 11.3 Å². The van der Waals surface area contributed by atoms with Crippen LogP contribution in [0.4, 0.5) is 4.79 Å². The highest BCUT2D eigenvalue weighted by Crippen LogP contribution is 2.36. The number of urea groups is 1. The van der Waals surface area contributed by atoms with Crippen LogP contribution in [-0.2, 0) is 16.0 Å². The molecule has 182 valence electrons. The minimum Gasteiger partial charge on any atom is -0.481 e. The molecule has 2 fully saturated rings. The summed E-state index contributed by atoms with van der Waals surface area (Å²) >= 11 is 1.55. The largest absolute Gasteiger partial charge is 0.481 e. The average Bonchev–Trinajstić information content (AvgIpc) is 3.37. The zero-order valence-corrected chi connectivity index (χ0v) is 20.8. The number of hydrogen-bond acceptors (Lipinski definition) is 6. The maximum atomic E-state index is 13.5. The number of rotatable bonds is 8. The van der Waals surface area contributed by atoms with Crippen molar-refractivity contribution in [2.45, 2.75) is 58.1 Å². The molecule has 34 heavy (non-hydrogen) atoms. The van der Waals surface area contributed by atoms with Gasteiger partial charge in [0.05, 0.1) is 11.2 Å². The van der Waals surface area contributed by atoms with E-state index in [0.29, 0.717) is 51.1 Å². The van der Waals surface area contributed by atoms with Gasteiger partial charge in [0.15, 0.2) is 6.10 Å². The van der Waals surface area contributed by atoms with Crippen LogP contribution in [0.25, 0.3) is 0 Å². The number of aromatic nitrogens is 1. The van der Waals surface area contributed by atoms with Gasteiger partial charge < -0.3 is 15.0 Å². The Morgan fingerprint density at radius 2 is 1.97 bits per heavy atom. The Labute approximate surface area is 204 Å². The van der Waals surface area contributed by atoms with Gasteiger partial charge in [0.25, 0.3) is 11.8 Å². The van der Waals surface area contributed by atoms with Crippen LogP contribution in [0.5, 0.6) is 5.75 Å². The van der Waals surface area contributed by atoms with E-state index in [1.807, 2.05) is 44.2 Å². The van der Waals surface area contributed by atoms with Gasteiger partial charge in [-0.25, -0.2) is 9.78 Å². The van der Waals surface area contributed by atoms with E-state index in [4.69, 9.17) is 4.74 Å². The lowest BCUT2D eigenvalue weighted by atomic mass is 9.75. The molecule has 1 aromatic heterocycles. The third kappa shape index (κ3) is 4.66. The van der Waals surface area contributed by atoms with Crippen LogP contribution in [0.15, 0.2) is 35.8 Å². The summed E-state index contributed by atoms with van der Waals surface area (Å²) in [6.45, 7) is 7.07. The third-order valence-electron chi connectivity index (χ3n) is 7.07. The van der Waals surface area contributed by atoms with Crippen molar-refractivity contribution < 1.29 is 19.1 Å². The summed E-state index contributed by atoms with van der Waals surface area (Å²) in [5, 5.41) is 3.03. The Hall–Kier alpha value is -2.94. The first-order valence-corrected chi connectivity index (χ1v) is 12.8. The van der Waals surface area contributed by atoms with Gasteiger partial charge in [-0.3, -0.25) is 14.5 Å². The Balaban J connectivity index is 1.36. The molecular weight excluding hydrogens is 452 g/mol. The van der Waals surface area contributed by atoms with Crippen LogP contribution in [0.2, 0.25) is 0 Å². The van der Waals surface area contributed by atoms with Gasteiger partial charge in [0, 0.05) is 30.9 Å². The van der Waals surface area contributed by atoms with E-state index in [1.165, 1.54) is 4.90 Å². The van der Waals surface area contributed by atoms with Crippen LogP contribution in [0.1, 0.15) is 43.7 Å². The molecule has 4 amide bonds. The molecule has 2 atom stereocenters. The first-order valence-electron chi connectivity index (χ1n) is 11.9. The summed E-state index contributed by atoms with van der Waals surface area (Å²) in [7, 11) is 0. The number of para-hydroxylation sites is 1. The number of nitrogens with zero attached hydrogens (tertiary/aromatic N) is 3. The number of thiazole rings is 1. The van der Waals surface area contributed by atoms with Crippen molar-refractivity contribution in [2.24, 2.45) is 5.92 Å². The summed E-state index contributed by atoms with van der Waals surface area (Å²) in [5.41, 5.74) is 1.83. The molecule has 0 unspecified atom stereocenters. The fourth-order valence-corrected chi connectivity index (χ4v) is 5.81. The molecule has 3 heterocycles. The number of piperidine rings is 1. The second kappa shape index (κ2) is 10.1. The Kier molecular flexibility index (Phi) is 7.21. The van der Waals surface area contributed by atoms with Crippen molar-refractivity contribution in [1.82, 2.24) is 20.1 Å². The molecule has 0 bridgehead atoms. The van der Waals surface area contributed by atoms with Crippen LogP contribution in [0.3, 0.4) is 0 Å². The highest BCUT2D eigenvalue weighted by Gasteiger charge is 2.54. The van der Waals surface area contributed by atoms with Crippen molar-refractivity contribution in [3.63, 3.8) is 0 Å². The standard InChI is InChI=1S/C25H32N4O4S/c1-4-25(23(31)29(24(32)27-25)15-12-21-17(2)26-16-34-21)19-10-13-28(14-11-19)22(30)18(3)33-20-8-6-5-7-9-20/h5-9,16,18-19H,4,10-15H2,1-3H3,(H,27,32)/t18-,25-/m1/s1. The number of carbonyl (C=O) groups is 3. The predicted molar refractivity (Wildman–Crippen MR) is 130 cm³/mol. The van der Waals surface area contributed by atoms with E-state index in [2.05, 4.69) is 10.3 Å². The van der Waals surface area contributed by atoms with Crippen molar-refractivity contribution in [3.8, 4) is 5.75 Å². The first-order chi connectivity index (χ1) is 16.4. The SMILES string of the molecule is CC[C@]1(C2CCN(C(=O)[C@@H](C)Oc3ccccc3)CC2)NC(=O)N(CCc2scnc2C)C1=O. The number of amides is 4. The molecule has 2 aliphatic rings. The van der Waals surface area contributed by atoms with E-state index >= 15 is 0 Å². The molecule has 0 saturated carbocycles. The van der Waals surface area contributed by atoms with Gasteiger partial charge in [0.2, 0.25) is 0 Å². The number of carbonyl (C=O) groups excluding carboxylic acids is 3. The van der Waals surface area contributed by atoms with Gasteiger partial charge in [-0.1, -0.05) is 25.1 Å². The number of aryl methyl sites for hydroxylation is 1. The van der Waals surface area contributed by atoms with E-state index in [9.17, 15) is 14.4 Å². The highest BCUT2D eigenvalue weighted by atomic mass is 32.1. The fourth-order valence-electron chi connectivity index (χ4n) is 5.04.